The van der Waals surface area contributed by atoms with Crippen LogP contribution in [0, 0.1) is 0 Å². The molecule has 4 nitrogen and oxygen atoms in total. The van der Waals surface area contributed by atoms with E-state index in [-0.39, 0.29) is 0 Å². The lowest BCUT2D eigenvalue weighted by atomic mass is 9.97. The van der Waals surface area contributed by atoms with Crippen LogP contribution in [0.2, 0.25) is 0 Å². The molecule has 0 spiro atoms. The van der Waals surface area contributed by atoms with Gasteiger partial charge < -0.3 is 0 Å². The second-order valence-corrected chi connectivity index (χ2v) is 10.1. The largest absolute Gasteiger partial charge is 0.278 e. The molecule has 0 saturated heterocycles. The highest BCUT2D eigenvalue weighted by Gasteiger charge is 2.18. The number of nitrogens with zero attached hydrogens (tertiary/aromatic N) is 4. The number of fused-ring (bicyclic) bond motifs is 4. The van der Waals surface area contributed by atoms with E-state index >= 15 is 0 Å². The van der Waals surface area contributed by atoms with Crippen molar-refractivity contribution in [3.05, 3.63) is 146 Å². The van der Waals surface area contributed by atoms with Crippen LogP contribution >= 0.6 is 0 Å². The van der Waals surface area contributed by atoms with Crippen molar-refractivity contribution in [2.24, 2.45) is 0 Å². The molecular weight excluding hydrogens is 500 g/mol. The van der Waals surface area contributed by atoms with Gasteiger partial charge in [0.05, 0.1) is 11.0 Å². The first-order valence-electron chi connectivity index (χ1n) is 13.7. The molecule has 8 aromatic rings. The molecule has 2 aromatic heterocycles. The van der Waals surface area contributed by atoms with Crippen molar-refractivity contribution in [2.45, 2.75) is 0 Å². The van der Waals surface area contributed by atoms with E-state index in [4.69, 9.17) is 15.0 Å². The average Bonchev–Trinajstić information content (AvgIpc) is 3.39. The van der Waals surface area contributed by atoms with Crippen LogP contribution in [0.4, 0.5) is 0 Å². The SMILES string of the molecule is c1ccc(-c2nc(-c3ccccc3)nc(-n3c4ccccc4c4ccc(-c5cccc6ccccc56)cc43)n2)cc1. The Labute approximate surface area is 237 Å². The fourth-order valence-corrected chi connectivity index (χ4v) is 5.73. The van der Waals surface area contributed by atoms with Gasteiger partial charge in [-0.25, -0.2) is 4.98 Å². The number of benzene rings is 6. The summed E-state index contributed by atoms with van der Waals surface area (Å²) in [6, 6.07) is 50.4. The zero-order valence-electron chi connectivity index (χ0n) is 22.1. The molecule has 0 amide bonds. The molecule has 0 saturated carbocycles. The fourth-order valence-electron chi connectivity index (χ4n) is 5.73. The minimum atomic E-state index is 0.596. The van der Waals surface area contributed by atoms with Crippen molar-refractivity contribution in [1.82, 2.24) is 19.5 Å². The Balaban J connectivity index is 1.43. The minimum absolute atomic E-state index is 0.596. The predicted octanol–water partition coefficient (Wildman–Crippen LogP) is 9.12. The Morgan fingerprint density at radius 2 is 0.976 bits per heavy atom. The Morgan fingerprint density at radius 3 is 1.71 bits per heavy atom. The van der Waals surface area contributed by atoms with Crippen molar-refractivity contribution < 1.29 is 0 Å². The highest BCUT2D eigenvalue weighted by atomic mass is 15.2. The van der Waals surface area contributed by atoms with E-state index in [0.717, 1.165) is 38.5 Å². The first kappa shape index (κ1) is 23.3. The van der Waals surface area contributed by atoms with Gasteiger partial charge in [-0.1, -0.05) is 133 Å². The summed E-state index contributed by atoms with van der Waals surface area (Å²) in [5, 5.41) is 4.78. The van der Waals surface area contributed by atoms with Crippen LogP contribution in [0.1, 0.15) is 0 Å². The molecule has 0 unspecified atom stereocenters. The molecule has 0 bridgehead atoms. The first-order chi connectivity index (χ1) is 20.3. The second-order valence-electron chi connectivity index (χ2n) is 10.1. The van der Waals surface area contributed by atoms with E-state index in [0.29, 0.717) is 17.6 Å². The topological polar surface area (TPSA) is 43.6 Å². The molecule has 0 atom stereocenters. The third-order valence-corrected chi connectivity index (χ3v) is 7.66. The minimum Gasteiger partial charge on any atom is -0.278 e. The van der Waals surface area contributed by atoms with Crippen LogP contribution in [0.5, 0.6) is 0 Å². The third kappa shape index (κ3) is 3.97. The van der Waals surface area contributed by atoms with Crippen LogP contribution in [-0.4, -0.2) is 19.5 Å². The molecule has 192 valence electrons. The van der Waals surface area contributed by atoms with Crippen LogP contribution < -0.4 is 0 Å². The third-order valence-electron chi connectivity index (χ3n) is 7.66. The summed E-state index contributed by atoms with van der Waals surface area (Å²) >= 11 is 0. The number of aromatic nitrogens is 4. The molecule has 6 aromatic carbocycles. The van der Waals surface area contributed by atoms with Gasteiger partial charge >= 0.3 is 0 Å². The Morgan fingerprint density at radius 1 is 0.390 bits per heavy atom. The van der Waals surface area contributed by atoms with Crippen molar-refractivity contribution in [3.63, 3.8) is 0 Å². The maximum absolute atomic E-state index is 5.06. The molecular formula is C37H24N4. The fraction of sp³-hybridized carbons (Fsp3) is 0. The van der Waals surface area contributed by atoms with E-state index in [1.54, 1.807) is 0 Å². The van der Waals surface area contributed by atoms with Crippen molar-refractivity contribution in [2.75, 3.05) is 0 Å². The lowest BCUT2D eigenvalue weighted by molar-refractivity contribution is 0.953. The normalized spacial score (nSPS) is 11.4. The maximum atomic E-state index is 5.06. The second kappa shape index (κ2) is 9.54. The van der Waals surface area contributed by atoms with Gasteiger partial charge in [-0.3, -0.25) is 4.57 Å². The Hall–Kier alpha value is -5.61. The van der Waals surface area contributed by atoms with E-state index in [1.165, 1.54) is 16.3 Å². The highest BCUT2D eigenvalue weighted by molar-refractivity contribution is 6.10. The molecule has 0 radical (unpaired) electrons. The predicted molar refractivity (Wildman–Crippen MR) is 168 cm³/mol. The summed E-state index contributed by atoms with van der Waals surface area (Å²) < 4.78 is 2.18. The van der Waals surface area contributed by atoms with Gasteiger partial charge in [0.15, 0.2) is 11.6 Å². The standard InChI is InChI=1S/C37H24N4/c1-3-13-26(14-4-1)35-38-36(27-15-5-2-6-16-27)40-37(39-35)41-33-21-10-9-19-31(33)32-23-22-28(24-34(32)41)30-20-11-17-25-12-7-8-18-29(25)30/h1-24H. The van der Waals surface area contributed by atoms with Gasteiger partial charge in [-0.05, 0) is 34.0 Å². The van der Waals surface area contributed by atoms with Crippen LogP contribution in [0.25, 0.3) is 72.4 Å². The Bertz CT molecular complexity index is 2140. The van der Waals surface area contributed by atoms with Gasteiger partial charge in [-0.15, -0.1) is 0 Å². The summed E-state index contributed by atoms with van der Waals surface area (Å²) in [7, 11) is 0. The van der Waals surface area contributed by atoms with Gasteiger partial charge in [-0.2, -0.15) is 9.97 Å². The quantitative estimate of drug-likeness (QED) is 0.231. The highest BCUT2D eigenvalue weighted by Crippen LogP contribution is 2.36. The molecule has 0 aliphatic rings. The summed E-state index contributed by atoms with van der Waals surface area (Å²) in [6.45, 7) is 0. The first-order valence-corrected chi connectivity index (χ1v) is 13.7. The molecule has 8 rings (SSSR count). The van der Waals surface area contributed by atoms with E-state index in [9.17, 15) is 0 Å². The maximum Gasteiger partial charge on any atom is 0.238 e. The lowest BCUT2D eigenvalue weighted by Crippen LogP contribution is -2.06. The molecule has 0 fully saturated rings. The molecule has 41 heavy (non-hydrogen) atoms. The zero-order chi connectivity index (χ0) is 27.2. The van der Waals surface area contributed by atoms with E-state index < -0.39 is 0 Å². The number of para-hydroxylation sites is 1. The van der Waals surface area contributed by atoms with Crippen LogP contribution in [0.15, 0.2) is 146 Å². The van der Waals surface area contributed by atoms with Gasteiger partial charge in [0.25, 0.3) is 0 Å². The summed E-state index contributed by atoms with van der Waals surface area (Å²) in [4.78, 5) is 15.0. The monoisotopic (exact) mass is 524 g/mol. The lowest BCUT2D eigenvalue weighted by Gasteiger charge is -2.12. The van der Waals surface area contributed by atoms with Crippen LogP contribution in [0.3, 0.4) is 0 Å². The van der Waals surface area contributed by atoms with Crippen LogP contribution in [-0.2, 0) is 0 Å². The van der Waals surface area contributed by atoms with E-state index in [1.807, 2.05) is 60.7 Å². The number of hydrogen-bond donors (Lipinski definition) is 0. The van der Waals surface area contributed by atoms with Gasteiger partial charge in [0.1, 0.15) is 0 Å². The van der Waals surface area contributed by atoms with Gasteiger partial charge in [0, 0.05) is 21.9 Å². The molecule has 0 aliphatic heterocycles. The number of hydrogen-bond acceptors (Lipinski definition) is 3. The molecule has 4 heteroatoms. The average molecular weight is 525 g/mol. The van der Waals surface area contributed by atoms with Crippen molar-refractivity contribution in [3.8, 4) is 39.9 Å². The molecule has 0 aliphatic carbocycles. The number of rotatable bonds is 4. The smallest absolute Gasteiger partial charge is 0.238 e. The van der Waals surface area contributed by atoms with E-state index in [2.05, 4.69) is 89.5 Å². The van der Waals surface area contributed by atoms with Gasteiger partial charge in [0.2, 0.25) is 5.95 Å². The van der Waals surface area contributed by atoms with Crippen molar-refractivity contribution >= 4 is 32.6 Å². The molecule has 2 heterocycles. The Kier molecular flexibility index (Phi) is 5.42. The summed E-state index contributed by atoms with van der Waals surface area (Å²) in [5.41, 5.74) is 6.37. The molecule has 0 N–H and O–H groups in total. The summed E-state index contributed by atoms with van der Waals surface area (Å²) in [6.07, 6.45) is 0. The zero-order valence-corrected chi connectivity index (χ0v) is 22.1. The summed E-state index contributed by atoms with van der Waals surface area (Å²) in [5.74, 6) is 1.88. The van der Waals surface area contributed by atoms with Crippen molar-refractivity contribution in [1.29, 1.82) is 0 Å².